The van der Waals surface area contributed by atoms with Gasteiger partial charge >= 0.3 is 0 Å². The first-order valence-electron chi connectivity index (χ1n) is 6.75. The number of fused-ring (bicyclic) bond motifs is 1. The van der Waals surface area contributed by atoms with Crippen LogP contribution in [0.5, 0.6) is 0 Å². The van der Waals surface area contributed by atoms with Crippen LogP contribution in [-0.4, -0.2) is 24.1 Å². The van der Waals surface area contributed by atoms with Gasteiger partial charge in [-0.1, -0.05) is 23.7 Å². The monoisotopic (exact) mass is 330 g/mol. The summed E-state index contributed by atoms with van der Waals surface area (Å²) < 4.78 is 3.30. The third kappa shape index (κ3) is 2.96. The lowest BCUT2D eigenvalue weighted by Gasteiger charge is -2.16. The van der Waals surface area contributed by atoms with E-state index in [1.165, 1.54) is 11.9 Å². The molecule has 4 nitrogen and oxygen atoms in total. The van der Waals surface area contributed by atoms with Crippen LogP contribution < -0.4 is 9.62 Å². The van der Waals surface area contributed by atoms with Gasteiger partial charge in [-0.25, -0.2) is 4.98 Å². The van der Waals surface area contributed by atoms with Crippen molar-refractivity contribution in [2.24, 2.45) is 0 Å². The van der Waals surface area contributed by atoms with Crippen LogP contribution in [0.4, 0.5) is 11.4 Å². The Morgan fingerprint density at radius 3 is 2.64 bits per heavy atom. The molecule has 0 aliphatic carbocycles. The van der Waals surface area contributed by atoms with Gasteiger partial charge in [-0.3, -0.25) is 4.98 Å². The van der Waals surface area contributed by atoms with E-state index in [4.69, 9.17) is 11.6 Å². The molecule has 0 saturated carbocycles. The normalized spacial score (nSPS) is 10.7. The van der Waals surface area contributed by atoms with Crippen molar-refractivity contribution in [1.82, 2.24) is 9.97 Å². The van der Waals surface area contributed by atoms with Gasteiger partial charge in [-0.2, -0.15) is 0 Å². The molecule has 0 bridgehead atoms. The average Bonchev–Trinajstić information content (AvgIpc) is 2.54. The minimum absolute atomic E-state index is 0.640. The molecular weight excluding hydrogens is 316 g/mol. The number of hydrogen-bond donors (Lipinski definition) is 1. The van der Waals surface area contributed by atoms with Gasteiger partial charge in [-0.15, -0.1) is 0 Å². The highest BCUT2D eigenvalue weighted by molar-refractivity contribution is 8.00. The largest absolute Gasteiger partial charge is 0.375 e. The maximum absolute atomic E-state index is 6.33. The van der Waals surface area contributed by atoms with Crippen molar-refractivity contribution in [3.8, 4) is 0 Å². The van der Waals surface area contributed by atoms with E-state index in [-0.39, 0.29) is 0 Å². The van der Waals surface area contributed by atoms with Gasteiger partial charge in [0.05, 0.1) is 21.9 Å². The van der Waals surface area contributed by atoms with Crippen molar-refractivity contribution in [3.05, 3.63) is 53.8 Å². The van der Waals surface area contributed by atoms with Gasteiger partial charge in [0.25, 0.3) is 0 Å². The summed E-state index contributed by atoms with van der Waals surface area (Å²) >= 11 is 7.76. The Labute approximate surface area is 138 Å². The number of rotatable bonds is 4. The number of anilines is 2. The molecule has 1 N–H and O–H groups in total. The second-order valence-corrected chi connectivity index (χ2v) is 6.13. The van der Waals surface area contributed by atoms with E-state index in [1.807, 2.05) is 55.4 Å². The SMILES string of the molecule is CN(C)c1cccnc1SNc1c(Cl)ccc2cccnc12. The molecule has 22 heavy (non-hydrogen) atoms. The first-order valence-corrected chi connectivity index (χ1v) is 7.94. The summed E-state index contributed by atoms with van der Waals surface area (Å²) in [6.45, 7) is 0. The van der Waals surface area contributed by atoms with Crippen molar-refractivity contribution >= 4 is 45.8 Å². The van der Waals surface area contributed by atoms with Gasteiger partial charge in [0.15, 0.2) is 0 Å². The fraction of sp³-hybridized carbons (Fsp3) is 0.125. The van der Waals surface area contributed by atoms with Gasteiger partial charge in [-0.05, 0) is 24.3 Å². The molecule has 0 aliphatic rings. The zero-order chi connectivity index (χ0) is 15.5. The highest BCUT2D eigenvalue weighted by Gasteiger charge is 2.10. The Morgan fingerprint density at radius 2 is 1.82 bits per heavy atom. The van der Waals surface area contributed by atoms with E-state index < -0.39 is 0 Å². The van der Waals surface area contributed by atoms with E-state index in [0.717, 1.165) is 27.3 Å². The summed E-state index contributed by atoms with van der Waals surface area (Å²) in [4.78, 5) is 10.9. The van der Waals surface area contributed by atoms with Crippen LogP contribution >= 0.6 is 23.5 Å². The molecule has 6 heteroatoms. The summed E-state index contributed by atoms with van der Waals surface area (Å²) in [5, 5.41) is 2.57. The van der Waals surface area contributed by atoms with Gasteiger partial charge in [0.2, 0.25) is 0 Å². The van der Waals surface area contributed by atoms with Crippen molar-refractivity contribution in [3.63, 3.8) is 0 Å². The number of nitrogens with zero attached hydrogens (tertiary/aromatic N) is 3. The van der Waals surface area contributed by atoms with Crippen LogP contribution in [0.15, 0.2) is 53.8 Å². The molecule has 0 saturated heterocycles. The molecule has 1 aromatic carbocycles. The fourth-order valence-electron chi connectivity index (χ4n) is 2.12. The standard InChI is InChI=1S/C16H15ClN4S/c1-21(2)13-6-4-10-19-16(13)22-20-15-12(17)8-7-11-5-3-9-18-14(11)15/h3-10,20H,1-2H3. The lowest BCUT2D eigenvalue weighted by molar-refractivity contribution is 1.03. The number of halogens is 1. The van der Waals surface area contributed by atoms with Crippen molar-refractivity contribution in [2.75, 3.05) is 23.7 Å². The summed E-state index contributed by atoms with van der Waals surface area (Å²) in [5.41, 5.74) is 2.70. The zero-order valence-corrected chi connectivity index (χ0v) is 13.8. The number of nitrogens with one attached hydrogen (secondary N) is 1. The summed E-state index contributed by atoms with van der Waals surface area (Å²) in [6, 6.07) is 11.7. The predicted octanol–water partition coefficient (Wildman–Crippen LogP) is 4.47. The van der Waals surface area contributed by atoms with Crippen molar-refractivity contribution < 1.29 is 0 Å². The number of pyridine rings is 2. The molecule has 0 unspecified atom stereocenters. The molecule has 3 aromatic rings. The smallest absolute Gasteiger partial charge is 0.140 e. The lowest BCUT2D eigenvalue weighted by Crippen LogP contribution is -2.10. The van der Waals surface area contributed by atoms with Crippen LogP contribution in [0.25, 0.3) is 10.9 Å². The molecule has 112 valence electrons. The molecule has 2 aromatic heterocycles. The van der Waals surface area contributed by atoms with Crippen molar-refractivity contribution in [2.45, 2.75) is 5.03 Å². The van der Waals surface area contributed by atoms with E-state index in [1.54, 1.807) is 12.4 Å². The third-order valence-electron chi connectivity index (χ3n) is 3.21. The summed E-state index contributed by atoms with van der Waals surface area (Å²) in [6.07, 6.45) is 3.54. The summed E-state index contributed by atoms with van der Waals surface area (Å²) in [7, 11) is 3.99. The minimum atomic E-state index is 0.640. The Morgan fingerprint density at radius 1 is 1.05 bits per heavy atom. The van der Waals surface area contributed by atoms with Crippen LogP contribution in [0.3, 0.4) is 0 Å². The lowest BCUT2D eigenvalue weighted by atomic mass is 10.2. The maximum Gasteiger partial charge on any atom is 0.140 e. The predicted molar refractivity (Wildman–Crippen MR) is 94.8 cm³/mol. The third-order valence-corrected chi connectivity index (χ3v) is 4.34. The van der Waals surface area contributed by atoms with E-state index >= 15 is 0 Å². The topological polar surface area (TPSA) is 41.1 Å². The van der Waals surface area contributed by atoms with Crippen LogP contribution in [0.1, 0.15) is 0 Å². The molecular formula is C16H15ClN4S. The second-order valence-electron chi connectivity index (χ2n) is 4.92. The zero-order valence-electron chi connectivity index (χ0n) is 12.2. The summed E-state index contributed by atoms with van der Waals surface area (Å²) in [5.74, 6) is 0. The Hall–Kier alpha value is -1.98. The first kappa shape index (κ1) is 14.9. The molecule has 0 aliphatic heterocycles. The minimum Gasteiger partial charge on any atom is -0.375 e. The van der Waals surface area contributed by atoms with Gasteiger partial charge in [0.1, 0.15) is 5.03 Å². The second kappa shape index (κ2) is 6.42. The van der Waals surface area contributed by atoms with E-state index in [0.29, 0.717) is 5.02 Å². The number of aromatic nitrogens is 2. The highest BCUT2D eigenvalue weighted by atomic mass is 35.5. The number of hydrogen-bond acceptors (Lipinski definition) is 5. The quantitative estimate of drug-likeness (QED) is 0.715. The van der Waals surface area contributed by atoms with E-state index in [9.17, 15) is 0 Å². The highest BCUT2D eigenvalue weighted by Crippen LogP contribution is 2.34. The molecule has 3 rings (SSSR count). The molecule has 0 fully saturated rings. The van der Waals surface area contributed by atoms with Crippen molar-refractivity contribution in [1.29, 1.82) is 0 Å². The van der Waals surface area contributed by atoms with Gasteiger partial charge < -0.3 is 9.62 Å². The Bertz CT molecular complexity index is 807. The molecule has 0 atom stereocenters. The molecule has 0 radical (unpaired) electrons. The van der Waals surface area contributed by atoms with Crippen LogP contribution in [0.2, 0.25) is 5.02 Å². The Kier molecular flexibility index (Phi) is 4.36. The molecule has 2 heterocycles. The average molecular weight is 331 g/mol. The maximum atomic E-state index is 6.33. The van der Waals surface area contributed by atoms with Crippen LogP contribution in [0, 0.1) is 0 Å². The molecule has 0 spiro atoms. The van der Waals surface area contributed by atoms with Crippen LogP contribution in [-0.2, 0) is 0 Å². The van der Waals surface area contributed by atoms with Gasteiger partial charge in [0, 0.05) is 43.8 Å². The fourth-order valence-corrected chi connectivity index (χ4v) is 3.25. The Balaban J connectivity index is 1.93. The number of benzene rings is 1. The first-order chi connectivity index (χ1) is 10.7. The molecule has 0 amide bonds. The van der Waals surface area contributed by atoms with E-state index in [2.05, 4.69) is 14.7 Å².